The molecule has 4 rings (SSSR count). The Morgan fingerprint density at radius 3 is 1.97 bits per heavy atom. The van der Waals surface area contributed by atoms with Gasteiger partial charge < -0.3 is 23.7 Å². The number of benzene rings is 2. The third-order valence-electron chi connectivity index (χ3n) is 4.83. The highest BCUT2D eigenvalue weighted by atomic mass is 16.6. The van der Waals surface area contributed by atoms with Crippen molar-refractivity contribution in [1.82, 2.24) is 0 Å². The molecule has 0 spiro atoms. The molecule has 2 fully saturated rings. The second-order valence-electron chi connectivity index (χ2n) is 7.28. The monoisotopic (exact) mass is 398 g/mol. The summed E-state index contributed by atoms with van der Waals surface area (Å²) in [5.41, 5.74) is 0.480. The molecule has 0 radical (unpaired) electrons. The van der Waals surface area contributed by atoms with E-state index in [4.69, 9.17) is 23.7 Å². The van der Waals surface area contributed by atoms with Crippen molar-refractivity contribution >= 4 is 5.97 Å². The van der Waals surface area contributed by atoms with Gasteiger partial charge in [-0.2, -0.15) is 0 Å². The molecule has 6 nitrogen and oxygen atoms in total. The molecule has 0 N–H and O–H groups in total. The van der Waals surface area contributed by atoms with Crippen LogP contribution in [0.25, 0.3) is 0 Å². The second kappa shape index (κ2) is 9.76. The quantitative estimate of drug-likeness (QED) is 0.233. The predicted octanol–water partition coefficient (Wildman–Crippen LogP) is 4.02. The third kappa shape index (κ3) is 6.76. The van der Waals surface area contributed by atoms with E-state index in [1.165, 1.54) is 0 Å². The Balaban J connectivity index is 1.18. The summed E-state index contributed by atoms with van der Waals surface area (Å²) in [5.74, 6) is 1.58. The van der Waals surface area contributed by atoms with Gasteiger partial charge in [0.2, 0.25) is 0 Å². The molecule has 0 aliphatic carbocycles. The van der Waals surface area contributed by atoms with E-state index in [0.29, 0.717) is 36.7 Å². The van der Waals surface area contributed by atoms with E-state index in [0.717, 1.165) is 50.4 Å². The molecule has 0 amide bonds. The molecule has 2 atom stereocenters. The zero-order valence-electron chi connectivity index (χ0n) is 16.4. The number of carbonyl (C=O) groups is 1. The largest absolute Gasteiger partial charge is 0.494 e. The summed E-state index contributed by atoms with van der Waals surface area (Å²) < 4.78 is 27.1. The standard InChI is InChI=1S/C23H26O6/c24-23(29-20-10-8-19(9-11-20)26-14-12-22-16-28-22)17-4-6-18(7-5-17)25-13-2-1-3-21-15-27-21/h4-11,21-22H,1-3,12-16H2. The lowest BCUT2D eigenvalue weighted by Gasteiger charge is -2.08. The molecule has 2 aliphatic rings. The van der Waals surface area contributed by atoms with Gasteiger partial charge in [0.25, 0.3) is 0 Å². The summed E-state index contributed by atoms with van der Waals surface area (Å²) in [6.45, 7) is 3.03. The van der Waals surface area contributed by atoms with Gasteiger partial charge in [-0.25, -0.2) is 4.79 Å². The first kappa shape index (κ1) is 19.7. The van der Waals surface area contributed by atoms with Crippen molar-refractivity contribution in [2.45, 2.75) is 37.9 Å². The van der Waals surface area contributed by atoms with Gasteiger partial charge >= 0.3 is 5.97 Å². The van der Waals surface area contributed by atoms with Crippen LogP contribution >= 0.6 is 0 Å². The van der Waals surface area contributed by atoms with Crippen molar-refractivity contribution < 1.29 is 28.5 Å². The minimum absolute atomic E-state index is 0.356. The number of hydrogen-bond donors (Lipinski definition) is 0. The first-order chi connectivity index (χ1) is 14.3. The lowest BCUT2D eigenvalue weighted by molar-refractivity contribution is 0.0734. The summed E-state index contributed by atoms with van der Waals surface area (Å²) in [6.07, 6.45) is 4.94. The normalized spacial score (nSPS) is 19.4. The summed E-state index contributed by atoms with van der Waals surface area (Å²) in [7, 11) is 0. The van der Waals surface area contributed by atoms with Crippen LogP contribution in [0.15, 0.2) is 48.5 Å². The molecule has 2 aliphatic heterocycles. The van der Waals surface area contributed by atoms with Gasteiger partial charge in [0, 0.05) is 6.42 Å². The fraction of sp³-hybridized carbons (Fsp3) is 0.435. The van der Waals surface area contributed by atoms with Crippen LogP contribution in [0.4, 0.5) is 0 Å². The second-order valence-corrected chi connectivity index (χ2v) is 7.28. The van der Waals surface area contributed by atoms with Gasteiger partial charge in [-0.15, -0.1) is 0 Å². The van der Waals surface area contributed by atoms with Crippen LogP contribution in [0.2, 0.25) is 0 Å². The molecule has 0 saturated carbocycles. The number of rotatable bonds is 12. The van der Waals surface area contributed by atoms with Gasteiger partial charge in [-0.05, 0) is 67.8 Å². The highest BCUT2D eigenvalue weighted by molar-refractivity contribution is 5.91. The van der Waals surface area contributed by atoms with Crippen LogP contribution in [0.5, 0.6) is 17.2 Å². The number of unbranched alkanes of at least 4 members (excludes halogenated alkanes) is 1. The van der Waals surface area contributed by atoms with Crippen LogP contribution in [-0.4, -0.2) is 44.6 Å². The van der Waals surface area contributed by atoms with Crippen LogP contribution in [0, 0.1) is 0 Å². The van der Waals surface area contributed by atoms with Crippen molar-refractivity contribution in [2.24, 2.45) is 0 Å². The molecular formula is C23H26O6. The van der Waals surface area contributed by atoms with Crippen molar-refractivity contribution in [2.75, 3.05) is 26.4 Å². The minimum atomic E-state index is -0.402. The van der Waals surface area contributed by atoms with E-state index in [9.17, 15) is 4.79 Å². The SMILES string of the molecule is O=C(Oc1ccc(OCCC2CO2)cc1)c1ccc(OCCCCC2CO2)cc1. The molecule has 154 valence electrons. The van der Waals surface area contributed by atoms with Crippen LogP contribution in [-0.2, 0) is 9.47 Å². The number of carbonyl (C=O) groups excluding carboxylic acids is 1. The molecule has 2 aromatic carbocycles. The Labute approximate surface area is 170 Å². The lowest BCUT2D eigenvalue weighted by Crippen LogP contribution is -2.08. The van der Waals surface area contributed by atoms with Gasteiger partial charge in [-0.3, -0.25) is 0 Å². The predicted molar refractivity (Wildman–Crippen MR) is 107 cm³/mol. The van der Waals surface area contributed by atoms with Crippen LogP contribution in [0.3, 0.4) is 0 Å². The van der Waals surface area contributed by atoms with Gasteiger partial charge in [0.1, 0.15) is 17.2 Å². The Morgan fingerprint density at radius 2 is 1.31 bits per heavy atom. The summed E-state index contributed by atoms with van der Waals surface area (Å²) in [5, 5.41) is 0. The van der Waals surface area contributed by atoms with Crippen LogP contribution < -0.4 is 14.2 Å². The highest BCUT2D eigenvalue weighted by Crippen LogP contribution is 2.21. The van der Waals surface area contributed by atoms with Crippen molar-refractivity contribution in [3.05, 3.63) is 54.1 Å². The van der Waals surface area contributed by atoms with E-state index in [1.807, 2.05) is 0 Å². The van der Waals surface area contributed by atoms with Crippen molar-refractivity contribution in [1.29, 1.82) is 0 Å². The number of hydrogen-bond acceptors (Lipinski definition) is 6. The zero-order valence-corrected chi connectivity index (χ0v) is 16.4. The lowest BCUT2D eigenvalue weighted by atomic mass is 10.2. The summed E-state index contributed by atoms with van der Waals surface area (Å²) in [6, 6.07) is 14.1. The van der Waals surface area contributed by atoms with E-state index < -0.39 is 5.97 Å². The van der Waals surface area contributed by atoms with E-state index in [-0.39, 0.29) is 0 Å². The number of epoxide rings is 2. The average molecular weight is 398 g/mol. The van der Waals surface area contributed by atoms with E-state index in [1.54, 1.807) is 48.5 Å². The maximum Gasteiger partial charge on any atom is 0.343 e. The molecule has 2 heterocycles. The van der Waals surface area contributed by atoms with Crippen LogP contribution in [0.1, 0.15) is 36.0 Å². The maximum absolute atomic E-state index is 12.3. The third-order valence-corrected chi connectivity index (χ3v) is 4.83. The van der Waals surface area contributed by atoms with Gasteiger partial charge in [-0.1, -0.05) is 0 Å². The Kier molecular flexibility index (Phi) is 6.64. The van der Waals surface area contributed by atoms with E-state index >= 15 is 0 Å². The van der Waals surface area contributed by atoms with Gasteiger partial charge in [0.05, 0.1) is 44.2 Å². The van der Waals surface area contributed by atoms with Gasteiger partial charge in [0.15, 0.2) is 0 Å². The zero-order chi connectivity index (χ0) is 19.9. The Hall–Kier alpha value is -2.57. The molecule has 6 heteroatoms. The first-order valence-corrected chi connectivity index (χ1v) is 10.2. The molecule has 0 aromatic heterocycles. The smallest absolute Gasteiger partial charge is 0.343 e. The van der Waals surface area contributed by atoms with Crippen molar-refractivity contribution in [3.63, 3.8) is 0 Å². The molecule has 2 unspecified atom stereocenters. The highest BCUT2D eigenvalue weighted by Gasteiger charge is 2.22. The average Bonchev–Trinajstić information content (AvgIpc) is 3.65. The molecule has 0 bridgehead atoms. The molecule has 2 aromatic rings. The minimum Gasteiger partial charge on any atom is -0.494 e. The fourth-order valence-corrected chi connectivity index (χ4v) is 2.90. The summed E-state index contributed by atoms with van der Waals surface area (Å²) >= 11 is 0. The first-order valence-electron chi connectivity index (χ1n) is 10.2. The Morgan fingerprint density at radius 1 is 0.759 bits per heavy atom. The maximum atomic E-state index is 12.3. The Bertz CT molecular complexity index is 778. The molecular weight excluding hydrogens is 372 g/mol. The fourth-order valence-electron chi connectivity index (χ4n) is 2.90. The topological polar surface area (TPSA) is 69.8 Å². The number of ether oxygens (including phenoxy) is 5. The number of esters is 1. The molecule has 29 heavy (non-hydrogen) atoms. The summed E-state index contributed by atoms with van der Waals surface area (Å²) in [4.78, 5) is 12.3. The molecule has 2 saturated heterocycles. The van der Waals surface area contributed by atoms with Crippen molar-refractivity contribution in [3.8, 4) is 17.2 Å². The van der Waals surface area contributed by atoms with E-state index in [2.05, 4.69) is 0 Å².